The van der Waals surface area contributed by atoms with E-state index in [0.717, 1.165) is 30.7 Å². The van der Waals surface area contributed by atoms with Crippen LogP contribution in [0.15, 0.2) is 0 Å². The largest absolute Gasteiger partial charge is 0.340 e. The third kappa shape index (κ3) is 2.23. The lowest BCUT2D eigenvalue weighted by Gasteiger charge is -2.35. The standard InChI is InChI=1S/C15H25NO/c1-11-4-2-3-7-16(11)15(17)10-14-9-12-5-6-13(14)8-12/h11-14H,2-10H2,1H3/t11-,12-,13-,14-/m0/s1. The fraction of sp³-hybridized carbons (Fsp3) is 0.933. The van der Waals surface area contributed by atoms with Crippen molar-refractivity contribution in [3.63, 3.8) is 0 Å². The van der Waals surface area contributed by atoms with Crippen molar-refractivity contribution in [1.82, 2.24) is 4.90 Å². The molecule has 0 radical (unpaired) electrons. The molecular formula is C15H25NO. The van der Waals surface area contributed by atoms with Gasteiger partial charge in [0, 0.05) is 19.0 Å². The summed E-state index contributed by atoms with van der Waals surface area (Å²) in [6.07, 6.45) is 10.2. The molecule has 0 N–H and O–H groups in total. The molecule has 1 heterocycles. The van der Waals surface area contributed by atoms with Crippen LogP contribution in [0, 0.1) is 17.8 Å². The zero-order chi connectivity index (χ0) is 11.8. The Balaban J connectivity index is 1.56. The number of carbonyl (C=O) groups excluding carboxylic acids is 1. The summed E-state index contributed by atoms with van der Waals surface area (Å²) < 4.78 is 0. The molecule has 17 heavy (non-hydrogen) atoms. The highest BCUT2D eigenvalue weighted by Gasteiger charge is 2.41. The van der Waals surface area contributed by atoms with Gasteiger partial charge in [0.15, 0.2) is 0 Å². The molecule has 2 nitrogen and oxygen atoms in total. The maximum absolute atomic E-state index is 12.4. The molecule has 3 rings (SSSR count). The topological polar surface area (TPSA) is 20.3 Å². The van der Waals surface area contributed by atoms with Crippen LogP contribution in [0.1, 0.15) is 58.3 Å². The molecule has 96 valence electrons. The molecule has 0 aromatic rings. The molecule has 1 amide bonds. The molecular weight excluding hydrogens is 210 g/mol. The first-order chi connectivity index (χ1) is 8.24. The van der Waals surface area contributed by atoms with Crippen LogP contribution >= 0.6 is 0 Å². The van der Waals surface area contributed by atoms with Crippen molar-refractivity contribution in [2.45, 2.75) is 64.3 Å². The first-order valence-electron chi connectivity index (χ1n) is 7.53. The fourth-order valence-electron chi connectivity index (χ4n) is 4.44. The van der Waals surface area contributed by atoms with E-state index in [2.05, 4.69) is 11.8 Å². The molecule has 0 unspecified atom stereocenters. The van der Waals surface area contributed by atoms with Crippen molar-refractivity contribution < 1.29 is 4.79 Å². The SMILES string of the molecule is C[C@H]1CCCCN1C(=O)C[C@@H]1C[C@H]2CC[C@H]1C2. The Kier molecular flexibility index (Phi) is 3.14. The van der Waals surface area contributed by atoms with E-state index in [4.69, 9.17) is 0 Å². The van der Waals surface area contributed by atoms with Gasteiger partial charge in [0.1, 0.15) is 0 Å². The minimum Gasteiger partial charge on any atom is -0.340 e. The van der Waals surface area contributed by atoms with Crippen LogP contribution in [0.25, 0.3) is 0 Å². The van der Waals surface area contributed by atoms with Crippen LogP contribution in [0.2, 0.25) is 0 Å². The number of hydrogen-bond donors (Lipinski definition) is 0. The summed E-state index contributed by atoms with van der Waals surface area (Å²) in [5.74, 6) is 3.05. The number of nitrogens with zero attached hydrogens (tertiary/aromatic N) is 1. The van der Waals surface area contributed by atoms with Crippen LogP contribution in [0.5, 0.6) is 0 Å². The zero-order valence-corrected chi connectivity index (χ0v) is 11.0. The Morgan fingerprint density at radius 1 is 1.18 bits per heavy atom. The second kappa shape index (κ2) is 4.62. The summed E-state index contributed by atoms with van der Waals surface area (Å²) in [7, 11) is 0. The van der Waals surface area contributed by atoms with Crippen molar-refractivity contribution in [3.05, 3.63) is 0 Å². The van der Waals surface area contributed by atoms with Crippen molar-refractivity contribution in [3.8, 4) is 0 Å². The molecule has 1 saturated heterocycles. The summed E-state index contributed by atoms with van der Waals surface area (Å²) >= 11 is 0. The molecule has 0 spiro atoms. The fourth-order valence-corrected chi connectivity index (χ4v) is 4.44. The van der Waals surface area contributed by atoms with Gasteiger partial charge < -0.3 is 4.90 Å². The average Bonchev–Trinajstić information content (AvgIpc) is 2.91. The van der Waals surface area contributed by atoms with E-state index in [9.17, 15) is 4.79 Å². The van der Waals surface area contributed by atoms with E-state index in [1.165, 1.54) is 44.9 Å². The molecule has 1 aliphatic heterocycles. The van der Waals surface area contributed by atoms with Crippen molar-refractivity contribution >= 4 is 5.91 Å². The molecule has 0 aromatic carbocycles. The highest BCUT2D eigenvalue weighted by Crippen LogP contribution is 2.49. The molecule has 2 saturated carbocycles. The van der Waals surface area contributed by atoms with Crippen LogP contribution in [-0.4, -0.2) is 23.4 Å². The molecule has 2 heteroatoms. The number of carbonyl (C=O) groups is 1. The van der Waals surface area contributed by atoms with E-state index >= 15 is 0 Å². The molecule has 4 atom stereocenters. The Bertz CT molecular complexity index is 301. The number of piperidine rings is 1. The lowest BCUT2D eigenvalue weighted by atomic mass is 9.86. The van der Waals surface area contributed by atoms with Crippen LogP contribution in [0.3, 0.4) is 0 Å². The second-order valence-corrected chi connectivity index (χ2v) is 6.57. The molecule has 3 aliphatic rings. The van der Waals surface area contributed by atoms with Gasteiger partial charge >= 0.3 is 0 Å². The lowest BCUT2D eigenvalue weighted by Crippen LogP contribution is -2.42. The monoisotopic (exact) mass is 235 g/mol. The molecule has 3 fully saturated rings. The number of likely N-dealkylation sites (tertiary alicyclic amines) is 1. The minimum atomic E-state index is 0.453. The summed E-state index contributed by atoms with van der Waals surface area (Å²) in [6, 6.07) is 0.495. The van der Waals surface area contributed by atoms with Crippen LogP contribution in [0.4, 0.5) is 0 Å². The van der Waals surface area contributed by atoms with Gasteiger partial charge in [-0.1, -0.05) is 6.42 Å². The second-order valence-electron chi connectivity index (χ2n) is 6.57. The van der Waals surface area contributed by atoms with Crippen molar-refractivity contribution in [1.29, 1.82) is 0 Å². The van der Waals surface area contributed by atoms with Crippen molar-refractivity contribution in [2.75, 3.05) is 6.54 Å². The first kappa shape index (κ1) is 11.6. The molecule has 0 aromatic heterocycles. The van der Waals surface area contributed by atoms with Gasteiger partial charge in [-0.3, -0.25) is 4.79 Å². The summed E-state index contributed by atoms with van der Waals surface area (Å²) in [6.45, 7) is 3.23. The maximum atomic E-state index is 12.4. The predicted octanol–water partition coefficient (Wildman–Crippen LogP) is 3.21. The first-order valence-corrected chi connectivity index (χ1v) is 7.53. The van der Waals surface area contributed by atoms with Gasteiger partial charge in [-0.25, -0.2) is 0 Å². The quantitative estimate of drug-likeness (QED) is 0.719. The molecule has 2 bridgehead atoms. The number of hydrogen-bond acceptors (Lipinski definition) is 1. The normalized spacial score (nSPS) is 40.9. The summed E-state index contributed by atoms with van der Waals surface area (Å²) in [5, 5.41) is 0. The smallest absolute Gasteiger partial charge is 0.223 e. The maximum Gasteiger partial charge on any atom is 0.223 e. The Hall–Kier alpha value is -0.530. The van der Waals surface area contributed by atoms with Gasteiger partial charge in [0.2, 0.25) is 5.91 Å². The zero-order valence-electron chi connectivity index (χ0n) is 11.0. The van der Waals surface area contributed by atoms with Crippen molar-refractivity contribution in [2.24, 2.45) is 17.8 Å². The molecule has 2 aliphatic carbocycles. The van der Waals surface area contributed by atoms with Gasteiger partial charge in [-0.2, -0.15) is 0 Å². The number of rotatable bonds is 2. The van der Waals surface area contributed by atoms with Gasteiger partial charge in [0.25, 0.3) is 0 Å². The van der Waals surface area contributed by atoms with Gasteiger partial charge in [0.05, 0.1) is 0 Å². The number of fused-ring (bicyclic) bond motifs is 2. The predicted molar refractivity (Wildman–Crippen MR) is 68.6 cm³/mol. The van der Waals surface area contributed by atoms with Gasteiger partial charge in [-0.15, -0.1) is 0 Å². The van der Waals surface area contributed by atoms with E-state index in [1.807, 2.05) is 0 Å². The summed E-state index contributed by atoms with van der Waals surface area (Å²) in [4.78, 5) is 14.5. The number of amides is 1. The average molecular weight is 235 g/mol. The van der Waals surface area contributed by atoms with Crippen LogP contribution in [-0.2, 0) is 4.79 Å². The lowest BCUT2D eigenvalue weighted by molar-refractivity contribution is -0.135. The Morgan fingerprint density at radius 2 is 2.06 bits per heavy atom. The Morgan fingerprint density at radius 3 is 2.71 bits per heavy atom. The minimum absolute atomic E-state index is 0.453. The summed E-state index contributed by atoms with van der Waals surface area (Å²) in [5.41, 5.74) is 0. The highest BCUT2D eigenvalue weighted by molar-refractivity contribution is 5.77. The van der Waals surface area contributed by atoms with E-state index in [-0.39, 0.29) is 0 Å². The van der Waals surface area contributed by atoms with Gasteiger partial charge in [-0.05, 0) is 63.2 Å². The van der Waals surface area contributed by atoms with E-state index in [1.54, 1.807) is 0 Å². The third-order valence-electron chi connectivity index (χ3n) is 5.44. The van der Waals surface area contributed by atoms with E-state index in [0.29, 0.717) is 11.9 Å². The van der Waals surface area contributed by atoms with Crippen LogP contribution < -0.4 is 0 Å². The third-order valence-corrected chi connectivity index (χ3v) is 5.44. The Labute approximate surface area is 105 Å². The van der Waals surface area contributed by atoms with E-state index < -0.39 is 0 Å². The highest BCUT2D eigenvalue weighted by atomic mass is 16.2.